The Kier molecular flexibility index (Phi) is 5.44. The Balaban J connectivity index is 1.72. The third kappa shape index (κ3) is 3.52. The van der Waals surface area contributed by atoms with Crippen molar-refractivity contribution in [1.82, 2.24) is 14.5 Å². The fraction of sp³-hybridized carbons (Fsp3) is 0.526. The smallest absolute Gasteiger partial charge is 0.329 e. The second-order valence-corrected chi connectivity index (χ2v) is 6.87. The van der Waals surface area contributed by atoms with Crippen molar-refractivity contribution in [1.29, 1.82) is 0 Å². The molecule has 0 radical (unpaired) electrons. The second kappa shape index (κ2) is 7.76. The molecule has 1 aromatic heterocycles. The average molecular weight is 359 g/mol. The van der Waals surface area contributed by atoms with Crippen LogP contribution in [-0.4, -0.2) is 32.2 Å². The van der Waals surface area contributed by atoms with Crippen molar-refractivity contribution in [3.8, 4) is 0 Å². The Labute approximate surface area is 151 Å². The summed E-state index contributed by atoms with van der Waals surface area (Å²) in [5.41, 5.74) is 1.59. The lowest BCUT2D eigenvalue weighted by Gasteiger charge is -2.17. The van der Waals surface area contributed by atoms with Crippen LogP contribution in [-0.2, 0) is 22.7 Å². The van der Waals surface area contributed by atoms with Gasteiger partial charge in [-0.05, 0) is 31.4 Å². The number of aliphatic carboxylic acids is 1. The van der Waals surface area contributed by atoms with Gasteiger partial charge in [-0.15, -0.1) is 0 Å². The highest BCUT2D eigenvalue weighted by Gasteiger charge is 2.33. The number of amides is 1. The Bertz CT molecular complexity index is 867. The standard InChI is InChI=1S/C19H25N3O4/c1-2-11-21-15-8-3-4-9-16(15)22(19(21)26)12-10-17(23)20-14-7-5-6-13(14)18(24)25/h3-4,8-9,13-14H,2,5-7,10-12H2,1H3,(H,20,23)(H,24,25)/t13-,14+/m0/s1. The van der Waals surface area contributed by atoms with E-state index in [2.05, 4.69) is 5.32 Å². The summed E-state index contributed by atoms with van der Waals surface area (Å²) in [6.07, 6.45) is 3.12. The molecular formula is C19H25N3O4. The molecular weight excluding hydrogens is 334 g/mol. The van der Waals surface area contributed by atoms with E-state index in [-0.39, 0.29) is 30.6 Å². The normalized spacial score (nSPS) is 19.7. The highest BCUT2D eigenvalue weighted by atomic mass is 16.4. The zero-order valence-electron chi connectivity index (χ0n) is 15.0. The molecule has 1 fully saturated rings. The zero-order chi connectivity index (χ0) is 18.7. The number of carboxylic acid groups (broad SMARTS) is 1. The highest BCUT2D eigenvalue weighted by molar-refractivity contribution is 5.79. The molecule has 26 heavy (non-hydrogen) atoms. The number of imidazole rings is 1. The van der Waals surface area contributed by atoms with Gasteiger partial charge < -0.3 is 10.4 Å². The molecule has 0 saturated heterocycles. The molecule has 140 valence electrons. The van der Waals surface area contributed by atoms with Gasteiger partial charge in [0.15, 0.2) is 0 Å². The van der Waals surface area contributed by atoms with Gasteiger partial charge in [-0.2, -0.15) is 0 Å². The van der Waals surface area contributed by atoms with Gasteiger partial charge in [-0.1, -0.05) is 25.5 Å². The Hall–Kier alpha value is -2.57. The van der Waals surface area contributed by atoms with Crippen LogP contribution in [0.1, 0.15) is 39.0 Å². The van der Waals surface area contributed by atoms with E-state index < -0.39 is 11.9 Å². The summed E-state index contributed by atoms with van der Waals surface area (Å²) in [5.74, 6) is -1.57. The first-order valence-corrected chi connectivity index (χ1v) is 9.23. The summed E-state index contributed by atoms with van der Waals surface area (Å²) in [6, 6.07) is 7.27. The molecule has 1 saturated carbocycles. The van der Waals surface area contributed by atoms with Crippen LogP contribution in [0.5, 0.6) is 0 Å². The minimum absolute atomic E-state index is 0.106. The number of benzene rings is 1. The third-order valence-electron chi connectivity index (χ3n) is 5.11. The first-order chi connectivity index (χ1) is 12.5. The molecule has 1 amide bonds. The number of rotatable bonds is 7. The van der Waals surface area contributed by atoms with E-state index >= 15 is 0 Å². The number of fused-ring (bicyclic) bond motifs is 1. The van der Waals surface area contributed by atoms with Crippen LogP contribution in [0.2, 0.25) is 0 Å². The summed E-state index contributed by atoms with van der Waals surface area (Å²) in [7, 11) is 0. The molecule has 3 rings (SSSR count). The van der Waals surface area contributed by atoms with E-state index in [9.17, 15) is 19.5 Å². The lowest BCUT2D eigenvalue weighted by Crippen LogP contribution is -2.40. The van der Waals surface area contributed by atoms with Gasteiger partial charge in [0.25, 0.3) is 0 Å². The van der Waals surface area contributed by atoms with E-state index in [0.29, 0.717) is 19.4 Å². The highest BCUT2D eigenvalue weighted by Crippen LogP contribution is 2.25. The monoisotopic (exact) mass is 359 g/mol. The second-order valence-electron chi connectivity index (χ2n) is 6.87. The fourth-order valence-corrected chi connectivity index (χ4v) is 3.85. The van der Waals surface area contributed by atoms with Crippen LogP contribution in [0, 0.1) is 5.92 Å². The number of para-hydroxylation sites is 2. The van der Waals surface area contributed by atoms with Crippen LogP contribution in [0.4, 0.5) is 0 Å². The molecule has 2 N–H and O–H groups in total. The summed E-state index contributed by atoms with van der Waals surface area (Å²) in [6.45, 7) is 2.94. The number of carbonyl (C=O) groups is 2. The topological polar surface area (TPSA) is 93.3 Å². The van der Waals surface area contributed by atoms with E-state index in [0.717, 1.165) is 23.9 Å². The van der Waals surface area contributed by atoms with Gasteiger partial charge in [-0.25, -0.2) is 4.79 Å². The van der Waals surface area contributed by atoms with Crippen molar-refractivity contribution in [3.63, 3.8) is 0 Å². The zero-order valence-corrected chi connectivity index (χ0v) is 15.0. The summed E-state index contributed by atoms with van der Waals surface area (Å²) < 4.78 is 3.37. The largest absolute Gasteiger partial charge is 0.481 e. The van der Waals surface area contributed by atoms with Crippen molar-refractivity contribution >= 4 is 22.9 Å². The molecule has 0 unspecified atom stereocenters. The number of carboxylic acids is 1. The lowest BCUT2D eigenvalue weighted by molar-refractivity contribution is -0.142. The maximum Gasteiger partial charge on any atom is 0.329 e. The molecule has 1 aromatic carbocycles. The third-order valence-corrected chi connectivity index (χ3v) is 5.11. The number of aryl methyl sites for hydroxylation is 2. The van der Waals surface area contributed by atoms with Gasteiger partial charge >= 0.3 is 11.7 Å². The molecule has 7 nitrogen and oxygen atoms in total. The average Bonchev–Trinajstić information content (AvgIpc) is 3.17. The number of nitrogens with one attached hydrogen (secondary N) is 1. The van der Waals surface area contributed by atoms with E-state index in [1.807, 2.05) is 31.2 Å². The molecule has 0 aliphatic heterocycles. The van der Waals surface area contributed by atoms with Gasteiger partial charge in [0.05, 0.1) is 17.0 Å². The lowest BCUT2D eigenvalue weighted by atomic mass is 10.0. The number of carbonyl (C=O) groups excluding carboxylic acids is 1. The van der Waals surface area contributed by atoms with Crippen molar-refractivity contribution in [2.24, 2.45) is 5.92 Å². The van der Waals surface area contributed by atoms with Crippen LogP contribution in [0.25, 0.3) is 11.0 Å². The minimum atomic E-state index is -0.855. The van der Waals surface area contributed by atoms with E-state index in [1.165, 1.54) is 0 Å². The number of hydrogen-bond acceptors (Lipinski definition) is 3. The van der Waals surface area contributed by atoms with Crippen LogP contribution in [0.3, 0.4) is 0 Å². The predicted molar refractivity (Wildman–Crippen MR) is 98.0 cm³/mol. The SMILES string of the molecule is CCCn1c(=O)n(CCC(=O)N[C@@H]2CCC[C@@H]2C(=O)O)c2ccccc21. The van der Waals surface area contributed by atoms with Crippen molar-refractivity contribution in [2.45, 2.75) is 58.2 Å². The molecule has 2 atom stereocenters. The van der Waals surface area contributed by atoms with Gasteiger partial charge in [-0.3, -0.25) is 18.7 Å². The Morgan fingerprint density at radius 3 is 2.42 bits per heavy atom. The number of nitrogens with zero attached hydrogens (tertiary/aromatic N) is 2. The van der Waals surface area contributed by atoms with E-state index in [4.69, 9.17) is 0 Å². The van der Waals surface area contributed by atoms with Gasteiger partial charge in [0.1, 0.15) is 0 Å². The predicted octanol–water partition coefficient (Wildman–Crippen LogP) is 1.97. The summed E-state index contributed by atoms with van der Waals surface area (Å²) in [4.78, 5) is 36.2. The first-order valence-electron chi connectivity index (χ1n) is 9.23. The van der Waals surface area contributed by atoms with Crippen LogP contribution < -0.4 is 11.0 Å². The molecule has 2 aromatic rings. The quantitative estimate of drug-likeness (QED) is 0.790. The first kappa shape index (κ1) is 18.2. The minimum Gasteiger partial charge on any atom is -0.481 e. The molecule has 1 heterocycles. The summed E-state index contributed by atoms with van der Waals surface area (Å²) >= 11 is 0. The number of aromatic nitrogens is 2. The van der Waals surface area contributed by atoms with Crippen molar-refractivity contribution in [3.05, 3.63) is 34.7 Å². The molecule has 0 spiro atoms. The van der Waals surface area contributed by atoms with Gasteiger partial charge in [0.2, 0.25) is 5.91 Å². The van der Waals surface area contributed by atoms with Crippen LogP contribution in [0.15, 0.2) is 29.1 Å². The molecule has 0 bridgehead atoms. The van der Waals surface area contributed by atoms with Crippen molar-refractivity contribution in [2.75, 3.05) is 0 Å². The van der Waals surface area contributed by atoms with Crippen molar-refractivity contribution < 1.29 is 14.7 Å². The van der Waals surface area contributed by atoms with Gasteiger partial charge in [0, 0.05) is 25.6 Å². The molecule has 1 aliphatic carbocycles. The maximum atomic E-state index is 12.7. The van der Waals surface area contributed by atoms with E-state index in [1.54, 1.807) is 9.13 Å². The fourth-order valence-electron chi connectivity index (χ4n) is 3.85. The molecule has 1 aliphatic rings. The maximum absolute atomic E-state index is 12.7. The van der Waals surface area contributed by atoms with Crippen LogP contribution >= 0.6 is 0 Å². The Morgan fingerprint density at radius 1 is 1.15 bits per heavy atom. The Morgan fingerprint density at radius 2 is 1.81 bits per heavy atom. The number of hydrogen-bond donors (Lipinski definition) is 2. The summed E-state index contributed by atoms with van der Waals surface area (Å²) in [5, 5.41) is 12.1. The molecule has 7 heteroatoms.